The van der Waals surface area contributed by atoms with Crippen LogP contribution in [-0.4, -0.2) is 36.1 Å². The Bertz CT molecular complexity index is 1020. The molecule has 0 aromatic heterocycles. The standard InChI is InChI=1S/C30H41NO5/c1-21(22-15-11-9-12-16-22)26(28(34)36-30(5,6)7)24(27(33)35-29(2,3)4)19-20-25(32)31(8)23-17-13-10-14-18-23/h10,13-14,17-20,22H,1,9,11-12,15-16H2,2-8H3/b20-19+,26-24+. The van der Waals surface area contributed by atoms with E-state index in [1.54, 1.807) is 48.6 Å². The highest BCUT2D eigenvalue weighted by Gasteiger charge is 2.32. The van der Waals surface area contributed by atoms with E-state index < -0.39 is 23.1 Å². The number of carbonyl (C=O) groups is 3. The lowest BCUT2D eigenvalue weighted by Crippen LogP contribution is -2.30. The molecular formula is C30H41NO5. The lowest BCUT2D eigenvalue weighted by molar-refractivity contribution is -0.153. The highest BCUT2D eigenvalue weighted by atomic mass is 16.6. The van der Waals surface area contributed by atoms with E-state index in [2.05, 4.69) is 6.58 Å². The number of hydrogen-bond acceptors (Lipinski definition) is 5. The number of esters is 2. The van der Waals surface area contributed by atoms with Gasteiger partial charge in [-0.05, 0) is 84.1 Å². The molecule has 0 saturated heterocycles. The number of ether oxygens (including phenoxy) is 2. The summed E-state index contributed by atoms with van der Waals surface area (Å²) in [6.07, 6.45) is 7.60. The molecule has 1 aromatic rings. The highest BCUT2D eigenvalue weighted by molar-refractivity contribution is 6.08. The van der Waals surface area contributed by atoms with Crippen LogP contribution in [0, 0.1) is 5.92 Å². The molecule has 0 heterocycles. The van der Waals surface area contributed by atoms with Crippen molar-refractivity contribution in [3.63, 3.8) is 0 Å². The van der Waals surface area contributed by atoms with Crippen LogP contribution in [0.3, 0.4) is 0 Å². The molecule has 0 bridgehead atoms. The Morgan fingerprint density at radius 2 is 1.39 bits per heavy atom. The third kappa shape index (κ3) is 8.81. The molecule has 0 spiro atoms. The topological polar surface area (TPSA) is 72.9 Å². The van der Waals surface area contributed by atoms with E-state index in [1.165, 1.54) is 17.1 Å². The Labute approximate surface area is 216 Å². The van der Waals surface area contributed by atoms with E-state index in [4.69, 9.17) is 9.47 Å². The van der Waals surface area contributed by atoms with Gasteiger partial charge in [0.1, 0.15) is 11.2 Å². The smallest absolute Gasteiger partial charge is 0.339 e. The van der Waals surface area contributed by atoms with Gasteiger partial charge in [0.2, 0.25) is 0 Å². The first kappa shape index (κ1) is 29.1. The number of nitrogens with zero attached hydrogens (tertiary/aromatic N) is 1. The number of hydrogen-bond donors (Lipinski definition) is 0. The van der Waals surface area contributed by atoms with Gasteiger partial charge in [0.15, 0.2) is 0 Å². The minimum absolute atomic E-state index is 0.0236. The van der Waals surface area contributed by atoms with Crippen LogP contribution in [0.4, 0.5) is 5.69 Å². The summed E-state index contributed by atoms with van der Waals surface area (Å²) in [6.45, 7) is 14.8. The van der Waals surface area contributed by atoms with Gasteiger partial charge in [0.25, 0.3) is 5.91 Å². The normalized spacial score (nSPS) is 15.8. The van der Waals surface area contributed by atoms with Crippen LogP contribution < -0.4 is 4.90 Å². The molecule has 1 aromatic carbocycles. The second-order valence-electron chi connectivity index (χ2n) is 11.2. The van der Waals surface area contributed by atoms with Crippen molar-refractivity contribution >= 4 is 23.5 Å². The minimum atomic E-state index is -0.799. The van der Waals surface area contributed by atoms with Crippen molar-refractivity contribution in [1.82, 2.24) is 0 Å². The predicted octanol–water partition coefficient (Wildman–Crippen LogP) is 6.32. The first-order chi connectivity index (χ1) is 16.7. The largest absolute Gasteiger partial charge is 0.456 e. The number of rotatable bonds is 7. The molecule has 0 atom stereocenters. The van der Waals surface area contributed by atoms with Crippen LogP contribution in [-0.2, 0) is 23.9 Å². The molecule has 0 N–H and O–H groups in total. The number of anilines is 1. The molecule has 2 rings (SSSR count). The van der Waals surface area contributed by atoms with Gasteiger partial charge in [-0.25, -0.2) is 9.59 Å². The number of carbonyl (C=O) groups excluding carboxylic acids is 3. The zero-order valence-corrected chi connectivity index (χ0v) is 22.8. The van der Waals surface area contributed by atoms with Crippen LogP contribution >= 0.6 is 0 Å². The van der Waals surface area contributed by atoms with Crippen LogP contribution in [0.25, 0.3) is 0 Å². The van der Waals surface area contributed by atoms with Gasteiger partial charge in [-0.15, -0.1) is 0 Å². The summed E-state index contributed by atoms with van der Waals surface area (Å²) in [5.74, 6) is -1.65. The molecule has 1 saturated carbocycles. The number of amides is 1. The molecule has 1 amide bonds. The van der Waals surface area contributed by atoms with E-state index in [0.717, 1.165) is 32.1 Å². The van der Waals surface area contributed by atoms with E-state index in [9.17, 15) is 14.4 Å². The zero-order valence-electron chi connectivity index (χ0n) is 22.8. The second kappa shape index (κ2) is 12.2. The summed E-state index contributed by atoms with van der Waals surface area (Å²) in [5.41, 5.74) is -0.262. The molecule has 36 heavy (non-hydrogen) atoms. The molecule has 6 heteroatoms. The third-order valence-electron chi connectivity index (χ3n) is 5.78. The lowest BCUT2D eigenvalue weighted by atomic mass is 9.80. The molecule has 0 aliphatic heterocycles. The summed E-state index contributed by atoms with van der Waals surface area (Å²) >= 11 is 0. The molecule has 196 valence electrons. The van der Waals surface area contributed by atoms with E-state index in [0.29, 0.717) is 11.3 Å². The van der Waals surface area contributed by atoms with E-state index in [-0.39, 0.29) is 23.0 Å². The maximum Gasteiger partial charge on any atom is 0.339 e. The summed E-state index contributed by atoms with van der Waals surface area (Å²) in [7, 11) is 1.65. The van der Waals surface area contributed by atoms with Gasteiger partial charge in [0, 0.05) is 18.8 Å². The molecule has 1 aliphatic carbocycles. The number of likely N-dealkylation sites (N-methyl/N-ethyl adjacent to an activating group) is 1. The van der Waals surface area contributed by atoms with Crippen molar-refractivity contribution in [3.8, 4) is 0 Å². The fraction of sp³-hybridized carbons (Fsp3) is 0.500. The van der Waals surface area contributed by atoms with Crippen LogP contribution in [0.5, 0.6) is 0 Å². The van der Waals surface area contributed by atoms with Gasteiger partial charge in [-0.2, -0.15) is 0 Å². The fourth-order valence-corrected chi connectivity index (χ4v) is 4.03. The van der Waals surface area contributed by atoms with Crippen LogP contribution in [0.2, 0.25) is 0 Å². The minimum Gasteiger partial charge on any atom is -0.456 e. The Morgan fingerprint density at radius 3 is 1.92 bits per heavy atom. The van der Waals surface area contributed by atoms with Crippen molar-refractivity contribution in [2.75, 3.05) is 11.9 Å². The number of benzene rings is 1. The Morgan fingerprint density at radius 1 is 0.861 bits per heavy atom. The Hall–Kier alpha value is -3.15. The molecule has 1 aliphatic rings. The maximum atomic E-state index is 13.5. The molecule has 0 radical (unpaired) electrons. The number of para-hydroxylation sites is 1. The monoisotopic (exact) mass is 495 g/mol. The highest BCUT2D eigenvalue weighted by Crippen LogP contribution is 2.35. The van der Waals surface area contributed by atoms with Gasteiger partial charge < -0.3 is 14.4 Å². The Kier molecular flexibility index (Phi) is 9.85. The average Bonchev–Trinajstić information content (AvgIpc) is 2.79. The quantitative estimate of drug-likeness (QED) is 0.251. The van der Waals surface area contributed by atoms with E-state index in [1.807, 2.05) is 30.3 Å². The summed E-state index contributed by atoms with van der Waals surface area (Å²) < 4.78 is 11.4. The summed E-state index contributed by atoms with van der Waals surface area (Å²) in [4.78, 5) is 41.3. The van der Waals surface area contributed by atoms with Crippen molar-refractivity contribution in [2.45, 2.75) is 84.8 Å². The SMILES string of the molecule is C=C(/C(C(=O)OC(C)(C)C)=C(/C=C/C(=O)N(C)c1ccccc1)C(=O)OC(C)(C)C)C1CCCCC1. The van der Waals surface area contributed by atoms with Crippen LogP contribution in [0.15, 0.2) is 65.8 Å². The van der Waals surface area contributed by atoms with Crippen molar-refractivity contribution in [3.05, 3.63) is 65.8 Å². The molecule has 6 nitrogen and oxygen atoms in total. The molecule has 0 unspecified atom stereocenters. The average molecular weight is 496 g/mol. The van der Waals surface area contributed by atoms with E-state index >= 15 is 0 Å². The van der Waals surface area contributed by atoms with Gasteiger partial charge in [-0.3, -0.25) is 4.79 Å². The first-order valence-electron chi connectivity index (χ1n) is 12.6. The third-order valence-corrected chi connectivity index (χ3v) is 5.78. The lowest BCUT2D eigenvalue weighted by Gasteiger charge is -2.28. The summed E-state index contributed by atoms with van der Waals surface area (Å²) in [6, 6.07) is 9.17. The summed E-state index contributed by atoms with van der Waals surface area (Å²) in [5, 5.41) is 0. The van der Waals surface area contributed by atoms with Gasteiger partial charge >= 0.3 is 11.9 Å². The van der Waals surface area contributed by atoms with Gasteiger partial charge in [-0.1, -0.05) is 44.0 Å². The predicted molar refractivity (Wildman–Crippen MR) is 143 cm³/mol. The van der Waals surface area contributed by atoms with Crippen molar-refractivity contribution in [1.29, 1.82) is 0 Å². The Balaban J connectivity index is 2.59. The zero-order chi connectivity index (χ0) is 27.1. The first-order valence-corrected chi connectivity index (χ1v) is 12.6. The van der Waals surface area contributed by atoms with Crippen molar-refractivity contribution in [2.24, 2.45) is 5.92 Å². The molecular weight excluding hydrogens is 454 g/mol. The molecule has 1 fully saturated rings. The van der Waals surface area contributed by atoms with Gasteiger partial charge in [0.05, 0.1) is 11.1 Å². The maximum absolute atomic E-state index is 13.5. The second-order valence-corrected chi connectivity index (χ2v) is 11.2. The van der Waals surface area contributed by atoms with Crippen LogP contribution in [0.1, 0.15) is 73.6 Å². The fourth-order valence-electron chi connectivity index (χ4n) is 4.03. The van der Waals surface area contributed by atoms with Crippen molar-refractivity contribution < 1.29 is 23.9 Å².